The van der Waals surface area contributed by atoms with E-state index in [4.69, 9.17) is 16.6 Å². The van der Waals surface area contributed by atoms with Gasteiger partial charge >= 0.3 is 0 Å². The SMILES string of the molecule is NC1C(=O)COC(O)C1N. The normalized spacial score (nSPS) is 41.9. The largest absolute Gasteiger partial charge is 0.367 e. The number of hydrogen-bond acceptors (Lipinski definition) is 5. The molecule has 1 heterocycles. The smallest absolute Gasteiger partial charge is 0.176 e. The van der Waals surface area contributed by atoms with E-state index >= 15 is 0 Å². The van der Waals surface area contributed by atoms with E-state index in [9.17, 15) is 4.79 Å². The van der Waals surface area contributed by atoms with E-state index in [0.29, 0.717) is 0 Å². The minimum atomic E-state index is -1.10. The van der Waals surface area contributed by atoms with E-state index in [-0.39, 0.29) is 12.4 Å². The van der Waals surface area contributed by atoms with Crippen LogP contribution in [0.1, 0.15) is 0 Å². The van der Waals surface area contributed by atoms with Crippen LogP contribution in [0.5, 0.6) is 0 Å². The van der Waals surface area contributed by atoms with Gasteiger partial charge in [0.25, 0.3) is 0 Å². The zero-order valence-electron chi connectivity index (χ0n) is 5.36. The fourth-order valence-corrected chi connectivity index (χ4v) is 0.767. The van der Waals surface area contributed by atoms with Crippen molar-refractivity contribution in [2.24, 2.45) is 11.5 Å². The van der Waals surface area contributed by atoms with Crippen LogP contribution in [0.3, 0.4) is 0 Å². The van der Waals surface area contributed by atoms with Gasteiger partial charge in [0.15, 0.2) is 12.1 Å². The van der Waals surface area contributed by atoms with Crippen molar-refractivity contribution in [3.05, 3.63) is 0 Å². The molecule has 5 N–H and O–H groups in total. The summed E-state index contributed by atoms with van der Waals surface area (Å²) in [6, 6.07) is -1.58. The minimum absolute atomic E-state index is 0.143. The van der Waals surface area contributed by atoms with Crippen LogP contribution in [0.25, 0.3) is 0 Å². The van der Waals surface area contributed by atoms with Crippen LogP contribution in [0.15, 0.2) is 0 Å². The molecule has 0 radical (unpaired) electrons. The minimum Gasteiger partial charge on any atom is -0.367 e. The highest BCUT2D eigenvalue weighted by Gasteiger charge is 2.33. The predicted molar refractivity (Wildman–Crippen MR) is 32.9 cm³/mol. The molecule has 0 aromatic heterocycles. The lowest BCUT2D eigenvalue weighted by Gasteiger charge is -2.28. The van der Waals surface area contributed by atoms with Gasteiger partial charge < -0.3 is 21.3 Å². The molecule has 10 heavy (non-hydrogen) atoms. The number of ketones is 1. The Hall–Kier alpha value is -0.490. The van der Waals surface area contributed by atoms with Gasteiger partial charge in [-0.1, -0.05) is 0 Å². The molecule has 1 aliphatic heterocycles. The molecular formula is C5H10N2O3. The molecule has 5 heteroatoms. The first-order valence-corrected chi connectivity index (χ1v) is 2.96. The monoisotopic (exact) mass is 146 g/mol. The Kier molecular flexibility index (Phi) is 2.00. The van der Waals surface area contributed by atoms with Crippen LogP contribution in [-0.2, 0) is 9.53 Å². The second kappa shape index (κ2) is 2.63. The van der Waals surface area contributed by atoms with Gasteiger partial charge in [0.1, 0.15) is 6.61 Å². The number of nitrogens with two attached hydrogens (primary N) is 2. The summed E-state index contributed by atoms with van der Waals surface area (Å²) in [5.74, 6) is -0.266. The topological polar surface area (TPSA) is 98.6 Å². The Balaban J connectivity index is 2.60. The highest BCUT2D eigenvalue weighted by atomic mass is 16.6. The summed E-state index contributed by atoms with van der Waals surface area (Å²) >= 11 is 0. The fraction of sp³-hybridized carbons (Fsp3) is 0.800. The quantitative estimate of drug-likeness (QED) is 0.352. The van der Waals surface area contributed by atoms with Crippen molar-refractivity contribution in [1.29, 1.82) is 0 Å². The number of aliphatic hydroxyl groups is 1. The van der Waals surface area contributed by atoms with Crippen LogP contribution >= 0.6 is 0 Å². The number of hydrogen-bond donors (Lipinski definition) is 3. The molecule has 0 aromatic carbocycles. The van der Waals surface area contributed by atoms with E-state index in [1.807, 2.05) is 0 Å². The summed E-state index contributed by atoms with van der Waals surface area (Å²) in [6.07, 6.45) is -1.10. The van der Waals surface area contributed by atoms with Crippen LogP contribution < -0.4 is 11.5 Å². The number of rotatable bonds is 0. The van der Waals surface area contributed by atoms with Crippen molar-refractivity contribution in [2.45, 2.75) is 18.4 Å². The molecule has 3 unspecified atom stereocenters. The van der Waals surface area contributed by atoms with Gasteiger partial charge in [-0.3, -0.25) is 4.79 Å². The first kappa shape index (κ1) is 7.62. The van der Waals surface area contributed by atoms with Gasteiger partial charge in [0.2, 0.25) is 0 Å². The molecule has 0 bridgehead atoms. The number of aliphatic hydroxyl groups excluding tert-OH is 1. The molecule has 1 aliphatic rings. The van der Waals surface area contributed by atoms with Crippen LogP contribution in [0.2, 0.25) is 0 Å². The standard InChI is InChI=1S/C5H10N2O3/c6-3-2(8)1-10-5(9)4(3)7/h3-5,9H,1,6-7H2. The lowest BCUT2D eigenvalue weighted by atomic mass is 10.0. The maximum Gasteiger partial charge on any atom is 0.176 e. The highest BCUT2D eigenvalue weighted by molar-refractivity contribution is 5.86. The summed E-state index contributed by atoms with van der Waals surface area (Å²) in [7, 11) is 0. The Bertz CT molecular complexity index is 150. The zero-order valence-corrected chi connectivity index (χ0v) is 5.36. The van der Waals surface area contributed by atoms with Gasteiger partial charge in [-0.2, -0.15) is 0 Å². The van der Waals surface area contributed by atoms with E-state index in [0.717, 1.165) is 0 Å². The summed E-state index contributed by atoms with van der Waals surface area (Å²) < 4.78 is 4.57. The van der Waals surface area contributed by atoms with E-state index in [2.05, 4.69) is 4.74 Å². The molecule has 0 spiro atoms. The van der Waals surface area contributed by atoms with Gasteiger partial charge in [0.05, 0.1) is 12.1 Å². The molecule has 5 nitrogen and oxygen atoms in total. The molecule has 1 saturated heterocycles. The second-order valence-electron chi connectivity index (χ2n) is 2.27. The molecule has 0 amide bonds. The van der Waals surface area contributed by atoms with E-state index in [1.54, 1.807) is 0 Å². The van der Waals surface area contributed by atoms with Crippen molar-refractivity contribution in [3.8, 4) is 0 Å². The van der Waals surface area contributed by atoms with Crippen molar-refractivity contribution in [3.63, 3.8) is 0 Å². The number of carbonyl (C=O) groups excluding carboxylic acids is 1. The second-order valence-corrected chi connectivity index (χ2v) is 2.27. The molecule has 0 saturated carbocycles. The maximum atomic E-state index is 10.7. The van der Waals surface area contributed by atoms with Gasteiger partial charge in [0, 0.05) is 0 Å². The van der Waals surface area contributed by atoms with Crippen LogP contribution in [0, 0.1) is 0 Å². The van der Waals surface area contributed by atoms with Gasteiger partial charge in [-0.05, 0) is 0 Å². The third-order valence-electron chi connectivity index (χ3n) is 1.51. The summed E-state index contributed by atoms with van der Waals surface area (Å²) in [5, 5.41) is 8.89. The number of Topliss-reactive ketones (excluding diaryl/α,β-unsaturated/α-hetero) is 1. The molecule has 58 valence electrons. The first-order valence-electron chi connectivity index (χ1n) is 2.96. The van der Waals surface area contributed by atoms with E-state index < -0.39 is 18.4 Å². The van der Waals surface area contributed by atoms with Gasteiger partial charge in [-0.25, -0.2) is 0 Å². The van der Waals surface area contributed by atoms with E-state index in [1.165, 1.54) is 0 Å². The molecule has 1 rings (SSSR count). The molecule has 3 atom stereocenters. The van der Waals surface area contributed by atoms with Crippen molar-refractivity contribution in [2.75, 3.05) is 6.61 Å². The van der Waals surface area contributed by atoms with Crippen molar-refractivity contribution >= 4 is 5.78 Å². The Labute approximate surface area is 57.9 Å². The first-order chi connectivity index (χ1) is 4.63. The number of ether oxygens (including phenoxy) is 1. The molecular weight excluding hydrogens is 136 g/mol. The predicted octanol–water partition coefficient (Wildman–Crippen LogP) is -2.44. The molecule has 0 aromatic rings. The average Bonchev–Trinajstić information content (AvgIpc) is 1.93. The van der Waals surface area contributed by atoms with Gasteiger partial charge in [-0.15, -0.1) is 0 Å². The van der Waals surface area contributed by atoms with Crippen molar-refractivity contribution < 1.29 is 14.6 Å². The highest BCUT2D eigenvalue weighted by Crippen LogP contribution is 2.05. The Morgan fingerprint density at radius 1 is 1.60 bits per heavy atom. The lowest BCUT2D eigenvalue weighted by Crippen LogP contribution is -2.59. The lowest BCUT2D eigenvalue weighted by molar-refractivity contribution is -0.162. The average molecular weight is 146 g/mol. The maximum absolute atomic E-state index is 10.7. The Morgan fingerprint density at radius 3 is 2.70 bits per heavy atom. The van der Waals surface area contributed by atoms with Crippen LogP contribution in [-0.4, -0.2) is 35.9 Å². The zero-order chi connectivity index (χ0) is 7.72. The van der Waals surface area contributed by atoms with Crippen molar-refractivity contribution in [1.82, 2.24) is 0 Å². The third-order valence-corrected chi connectivity index (χ3v) is 1.51. The number of carbonyl (C=O) groups is 1. The fourth-order valence-electron chi connectivity index (χ4n) is 0.767. The third kappa shape index (κ3) is 1.17. The summed E-state index contributed by atoms with van der Waals surface area (Å²) in [4.78, 5) is 10.7. The molecule has 1 fully saturated rings. The Morgan fingerprint density at radius 2 is 2.20 bits per heavy atom. The van der Waals surface area contributed by atoms with Crippen LogP contribution in [0.4, 0.5) is 0 Å². The molecule has 0 aliphatic carbocycles. The summed E-state index contributed by atoms with van der Waals surface area (Å²) in [6.45, 7) is -0.143. The summed E-state index contributed by atoms with van der Waals surface area (Å²) in [5.41, 5.74) is 10.6.